The van der Waals surface area contributed by atoms with Crippen molar-refractivity contribution in [1.29, 1.82) is 0 Å². The highest BCUT2D eigenvalue weighted by Gasteiger charge is 2.18. The molecular formula is C14H30. The summed E-state index contributed by atoms with van der Waals surface area (Å²) < 4.78 is 0. The van der Waals surface area contributed by atoms with Crippen LogP contribution in [0.3, 0.4) is 0 Å². The van der Waals surface area contributed by atoms with Gasteiger partial charge in [0.15, 0.2) is 0 Å². The minimum atomic E-state index is 0.844. The molecule has 3 unspecified atom stereocenters. The predicted molar refractivity (Wildman–Crippen MR) is 66.5 cm³/mol. The van der Waals surface area contributed by atoms with Crippen molar-refractivity contribution in [3.05, 3.63) is 0 Å². The highest BCUT2D eigenvalue weighted by Crippen LogP contribution is 2.29. The molecule has 0 aliphatic rings. The lowest BCUT2D eigenvalue weighted by Crippen LogP contribution is -2.16. The molecule has 0 radical (unpaired) electrons. The summed E-state index contributed by atoms with van der Waals surface area (Å²) in [7, 11) is 0. The minimum Gasteiger partial charge on any atom is -0.0654 e. The van der Waals surface area contributed by atoms with Crippen LogP contribution in [0, 0.1) is 23.7 Å². The lowest BCUT2D eigenvalue weighted by atomic mass is 9.79. The molecule has 0 aliphatic carbocycles. The average Bonchev–Trinajstić information content (AvgIpc) is 2.13. The normalized spacial score (nSPS) is 18.2. The van der Waals surface area contributed by atoms with Crippen LogP contribution in [0.4, 0.5) is 0 Å². The van der Waals surface area contributed by atoms with Gasteiger partial charge in [-0.25, -0.2) is 0 Å². The highest BCUT2D eigenvalue weighted by atomic mass is 14.2. The molecule has 0 saturated carbocycles. The van der Waals surface area contributed by atoms with Crippen LogP contribution < -0.4 is 0 Å². The van der Waals surface area contributed by atoms with Crippen LogP contribution in [0.1, 0.15) is 67.2 Å². The number of hydrogen-bond donors (Lipinski definition) is 0. The van der Waals surface area contributed by atoms with E-state index in [4.69, 9.17) is 0 Å². The molecule has 0 N–H and O–H groups in total. The van der Waals surface area contributed by atoms with Crippen molar-refractivity contribution in [3.63, 3.8) is 0 Å². The summed E-state index contributed by atoms with van der Waals surface area (Å²) in [4.78, 5) is 0. The first kappa shape index (κ1) is 14.0. The van der Waals surface area contributed by atoms with Crippen LogP contribution in [0.2, 0.25) is 0 Å². The molecule has 0 rings (SSSR count). The zero-order chi connectivity index (χ0) is 11.1. The van der Waals surface area contributed by atoms with Gasteiger partial charge in [-0.05, 0) is 30.1 Å². The summed E-state index contributed by atoms with van der Waals surface area (Å²) in [6.07, 6.45) is 5.54. The Hall–Kier alpha value is 0. The zero-order valence-corrected chi connectivity index (χ0v) is 11.1. The third-order valence-electron chi connectivity index (χ3n) is 3.87. The SMILES string of the molecule is CCCC(CC)C(C)CC(C)C(C)C. The summed E-state index contributed by atoms with van der Waals surface area (Å²) in [5, 5.41) is 0. The van der Waals surface area contributed by atoms with E-state index in [-0.39, 0.29) is 0 Å². The van der Waals surface area contributed by atoms with E-state index in [9.17, 15) is 0 Å². The van der Waals surface area contributed by atoms with Crippen molar-refractivity contribution >= 4 is 0 Å². The molecule has 0 aromatic heterocycles. The Morgan fingerprint density at radius 2 is 1.43 bits per heavy atom. The Morgan fingerprint density at radius 1 is 0.857 bits per heavy atom. The molecule has 0 nitrogen and oxygen atoms in total. The Labute approximate surface area is 91.5 Å². The molecule has 0 heterocycles. The Bertz CT molecular complexity index is 126. The summed E-state index contributed by atoms with van der Waals surface area (Å²) >= 11 is 0. The summed E-state index contributed by atoms with van der Waals surface area (Å²) in [5.41, 5.74) is 0. The molecule has 86 valence electrons. The predicted octanol–water partition coefficient (Wildman–Crippen LogP) is 5.13. The fraction of sp³-hybridized carbons (Fsp3) is 1.00. The summed E-state index contributed by atoms with van der Waals surface area (Å²) in [6, 6.07) is 0. The molecule has 0 aromatic carbocycles. The standard InChI is InChI=1S/C14H30/c1-7-9-14(8-2)13(6)10-12(5)11(3)4/h11-14H,7-10H2,1-6H3. The zero-order valence-electron chi connectivity index (χ0n) is 11.1. The first-order valence-corrected chi connectivity index (χ1v) is 6.52. The monoisotopic (exact) mass is 198 g/mol. The van der Waals surface area contributed by atoms with Crippen LogP contribution in [-0.2, 0) is 0 Å². The Kier molecular flexibility index (Phi) is 7.31. The van der Waals surface area contributed by atoms with Gasteiger partial charge in [0, 0.05) is 0 Å². The van der Waals surface area contributed by atoms with Crippen molar-refractivity contribution in [1.82, 2.24) is 0 Å². The topological polar surface area (TPSA) is 0 Å². The smallest absolute Gasteiger partial charge is 0.0391 e. The van der Waals surface area contributed by atoms with E-state index in [0.29, 0.717) is 0 Å². The molecule has 0 aromatic rings. The lowest BCUT2D eigenvalue weighted by molar-refractivity contribution is 0.243. The van der Waals surface area contributed by atoms with Gasteiger partial charge < -0.3 is 0 Å². The van der Waals surface area contributed by atoms with E-state index < -0.39 is 0 Å². The fourth-order valence-corrected chi connectivity index (χ4v) is 2.31. The van der Waals surface area contributed by atoms with E-state index in [0.717, 1.165) is 23.7 Å². The maximum atomic E-state index is 2.45. The van der Waals surface area contributed by atoms with Crippen molar-refractivity contribution in [2.45, 2.75) is 67.2 Å². The maximum absolute atomic E-state index is 2.45. The molecule has 14 heavy (non-hydrogen) atoms. The van der Waals surface area contributed by atoms with Crippen LogP contribution in [0.15, 0.2) is 0 Å². The van der Waals surface area contributed by atoms with Gasteiger partial charge in [-0.15, -0.1) is 0 Å². The van der Waals surface area contributed by atoms with Gasteiger partial charge in [0.1, 0.15) is 0 Å². The van der Waals surface area contributed by atoms with Crippen molar-refractivity contribution in [2.24, 2.45) is 23.7 Å². The molecule has 0 amide bonds. The summed E-state index contributed by atoms with van der Waals surface area (Å²) in [6.45, 7) is 14.2. The maximum Gasteiger partial charge on any atom is -0.0391 e. The minimum absolute atomic E-state index is 0.844. The van der Waals surface area contributed by atoms with Crippen molar-refractivity contribution in [3.8, 4) is 0 Å². The first-order chi connectivity index (χ1) is 6.52. The second-order valence-electron chi connectivity index (χ2n) is 5.39. The number of hydrogen-bond acceptors (Lipinski definition) is 0. The molecule has 0 heteroatoms. The molecule has 0 bridgehead atoms. The third kappa shape index (κ3) is 5.02. The lowest BCUT2D eigenvalue weighted by Gasteiger charge is -2.26. The van der Waals surface area contributed by atoms with E-state index in [1.165, 1.54) is 25.7 Å². The average molecular weight is 198 g/mol. The molecule has 0 aliphatic heterocycles. The molecule has 0 spiro atoms. The van der Waals surface area contributed by atoms with Crippen LogP contribution in [0.25, 0.3) is 0 Å². The van der Waals surface area contributed by atoms with Gasteiger partial charge >= 0.3 is 0 Å². The Balaban J connectivity index is 3.96. The fourth-order valence-electron chi connectivity index (χ4n) is 2.31. The van der Waals surface area contributed by atoms with Crippen LogP contribution in [0.5, 0.6) is 0 Å². The van der Waals surface area contributed by atoms with E-state index in [2.05, 4.69) is 41.5 Å². The van der Waals surface area contributed by atoms with Crippen LogP contribution in [-0.4, -0.2) is 0 Å². The van der Waals surface area contributed by atoms with Gasteiger partial charge in [0.05, 0.1) is 0 Å². The van der Waals surface area contributed by atoms with Crippen molar-refractivity contribution < 1.29 is 0 Å². The van der Waals surface area contributed by atoms with Gasteiger partial charge in [0.2, 0.25) is 0 Å². The Morgan fingerprint density at radius 3 is 1.79 bits per heavy atom. The van der Waals surface area contributed by atoms with Gasteiger partial charge in [-0.3, -0.25) is 0 Å². The first-order valence-electron chi connectivity index (χ1n) is 6.52. The third-order valence-corrected chi connectivity index (χ3v) is 3.87. The molecule has 0 fully saturated rings. The molecular weight excluding hydrogens is 168 g/mol. The van der Waals surface area contributed by atoms with Gasteiger partial charge in [-0.2, -0.15) is 0 Å². The molecule has 3 atom stereocenters. The van der Waals surface area contributed by atoms with Gasteiger partial charge in [0.25, 0.3) is 0 Å². The quantitative estimate of drug-likeness (QED) is 0.532. The summed E-state index contributed by atoms with van der Waals surface area (Å²) in [5.74, 6) is 3.60. The highest BCUT2D eigenvalue weighted by molar-refractivity contribution is 4.69. The molecule has 0 saturated heterocycles. The van der Waals surface area contributed by atoms with E-state index in [1.807, 2.05) is 0 Å². The number of rotatable bonds is 7. The van der Waals surface area contributed by atoms with Crippen LogP contribution >= 0.6 is 0 Å². The second kappa shape index (κ2) is 7.31. The second-order valence-corrected chi connectivity index (χ2v) is 5.39. The largest absolute Gasteiger partial charge is 0.0654 e. The van der Waals surface area contributed by atoms with E-state index in [1.54, 1.807) is 0 Å². The van der Waals surface area contributed by atoms with Crippen molar-refractivity contribution in [2.75, 3.05) is 0 Å². The van der Waals surface area contributed by atoms with Gasteiger partial charge in [-0.1, -0.05) is 60.8 Å². The van der Waals surface area contributed by atoms with E-state index >= 15 is 0 Å².